The Hall–Kier alpha value is -2.60. The van der Waals surface area contributed by atoms with Gasteiger partial charge in [-0.15, -0.1) is 11.8 Å². The summed E-state index contributed by atoms with van der Waals surface area (Å²) in [6.07, 6.45) is 3.79. The molecule has 1 fully saturated rings. The van der Waals surface area contributed by atoms with E-state index in [4.69, 9.17) is 0 Å². The molecule has 1 aliphatic rings. The van der Waals surface area contributed by atoms with Crippen molar-refractivity contribution in [2.45, 2.75) is 12.3 Å². The molecule has 1 atom stereocenters. The third kappa shape index (κ3) is 3.01. The number of rotatable bonds is 3. The van der Waals surface area contributed by atoms with E-state index < -0.39 is 0 Å². The second-order valence-electron chi connectivity index (χ2n) is 6.38. The highest BCUT2D eigenvalue weighted by atomic mass is 32.2. The fourth-order valence-corrected chi connectivity index (χ4v) is 4.40. The van der Waals surface area contributed by atoms with Crippen molar-refractivity contribution in [3.8, 4) is 11.1 Å². The molecule has 0 aliphatic carbocycles. The summed E-state index contributed by atoms with van der Waals surface area (Å²) in [7, 11) is 1.89. The molecule has 0 bridgehead atoms. The summed E-state index contributed by atoms with van der Waals surface area (Å²) < 4.78 is 15.0. The topological polar surface area (TPSA) is 38.1 Å². The minimum absolute atomic E-state index is 0.0709. The minimum atomic E-state index is -0.272. The van der Waals surface area contributed by atoms with Crippen molar-refractivity contribution >= 4 is 23.4 Å². The van der Waals surface area contributed by atoms with Gasteiger partial charge in [0.1, 0.15) is 11.2 Å². The molecule has 2 heterocycles. The Morgan fingerprint density at radius 3 is 2.58 bits per heavy atom. The first-order valence-corrected chi connectivity index (χ1v) is 9.36. The summed E-state index contributed by atoms with van der Waals surface area (Å²) in [5, 5.41) is 4.08. The zero-order chi connectivity index (χ0) is 18.3. The monoisotopic (exact) mass is 367 g/mol. The summed E-state index contributed by atoms with van der Waals surface area (Å²) >= 11 is 1.57. The number of hydrogen-bond donors (Lipinski definition) is 0. The summed E-state index contributed by atoms with van der Waals surface area (Å²) in [4.78, 5) is 14.4. The molecule has 1 aromatic heterocycles. The summed E-state index contributed by atoms with van der Waals surface area (Å²) in [5.74, 6) is 0.222. The van der Waals surface area contributed by atoms with Gasteiger partial charge >= 0.3 is 0 Å². The Balaban J connectivity index is 1.70. The third-order valence-corrected chi connectivity index (χ3v) is 5.73. The highest BCUT2D eigenvalue weighted by Crippen LogP contribution is 2.43. The molecular weight excluding hydrogens is 349 g/mol. The summed E-state index contributed by atoms with van der Waals surface area (Å²) in [6, 6.07) is 12.4. The van der Waals surface area contributed by atoms with Crippen molar-refractivity contribution in [2.24, 2.45) is 7.05 Å². The van der Waals surface area contributed by atoms with E-state index in [2.05, 4.69) is 11.2 Å². The Labute approximate surface area is 155 Å². The highest BCUT2D eigenvalue weighted by Gasteiger charge is 2.34. The van der Waals surface area contributed by atoms with Crippen LogP contribution in [0.3, 0.4) is 0 Å². The van der Waals surface area contributed by atoms with Crippen LogP contribution >= 0.6 is 11.8 Å². The highest BCUT2D eigenvalue weighted by molar-refractivity contribution is 8.00. The maximum absolute atomic E-state index is 13.2. The number of thioether (sulfide) groups is 1. The number of aromatic nitrogens is 2. The van der Waals surface area contributed by atoms with Crippen LogP contribution in [-0.2, 0) is 11.8 Å². The first-order chi connectivity index (χ1) is 12.5. The SMILES string of the molecule is Cc1cc(-c2cnn(C)c2)ccc1N1C(=O)CSC1c1ccc(F)cc1. The van der Waals surface area contributed by atoms with E-state index >= 15 is 0 Å². The van der Waals surface area contributed by atoms with Gasteiger partial charge in [-0.3, -0.25) is 14.4 Å². The van der Waals surface area contributed by atoms with Gasteiger partial charge in [0.05, 0.1) is 11.9 Å². The number of amides is 1. The van der Waals surface area contributed by atoms with Crippen molar-refractivity contribution < 1.29 is 9.18 Å². The predicted molar refractivity (Wildman–Crippen MR) is 102 cm³/mol. The first-order valence-electron chi connectivity index (χ1n) is 8.32. The largest absolute Gasteiger partial charge is 0.295 e. The molecular formula is C20H18FN3OS. The summed E-state index contributed by atoms with van der Waals surface area (Å²) in [5.41, 5.74) is 4.95. The lowest BCUT2D eigenvalue weighted by molar-refractivity contribution is -0.115. The number of nitrogens with zero attached hydrogens (tertiary/aromatic N) is 3. The van der Waals surface area contributed by atoms with Crippen LogP contribution in [0.1, 0.15) is 16.5 Å². The Bertz CT molecular complexity index is 967. The minimum Gasteiger partial charge on any atom is -0.295 e. The van der Waals surface area contributed by atoms with E-state index in [0.717, 1.165) is 27.9 Å². The molecule has 0 spiro atoms. The molecule has 1 aliphatic heterocycles. The maximum Gasteiger partial charge on any atom is 0.238 e. The van der Waals surface area contributed by atoms with Crippen molar-refractivity contribution in [1.82, 2.24) is 9.78 Å². The van der Waals surface area contributed by atoms with Crippen LogP contribution in [0.5, 0.6) is 0 Å². The molecule has 2 aromatic carbocycles. The molecule has 1 unspecified atom stereocenters. The molecule has 0 saturated carbocycles. The van der Waals surface area contributed by atoms with Gasteiger partial charge in [0.15, 0.2) is 0 Å². The van der Waals surface area contributed by atoms with Crippen LogP contribution in [0.2, 0.25) is 0 Å². The van der Waals surface area contributed by atoms with Gasteiger partial charge in [-0.25, -0.2) is 4.39 Å². The third-order valence-electron chi connectivity index (χ3n) is 4.52. The van der Waals surface area contributed by atoms with Crippen LogP contribution in [0.25, 0.3) is 11.1 Å². The number of aryl methyl sites for hydroxylation is 2. The van der Waals surface area contributed by atoms with E-state index in [1.807, 2.05) is 43.4 Å². The maximum atomic E-state index is 13.2. The van der Waals surface area contributed by atoms with Crippen LogP contribution in [-0.4, -0.2) is 21.4 Å². The molecule has 3 aromatic rings. The fourth-order valence-electron chi connectivity index (χ4n) is 3.23. The standard InChI is InChI=1S/C20H18FN3OS/c1-13-9-15(16-10-22-23(2)11-16)5-8-18(13)24-19(25)12-26-20(24)14-3-6-17(21)7-4-14/h3-11,20H,12H2,1-2H3. The van der Waals surface area contributed by atoms with Crippen LogP contribution < -0.4 is 4.90 Å². The Morgan fingerprint density at radius 1 is 1.15 bits per heavy atom. The van der Waals surface area contributed by atoms with E-state index in [1.165, 1.54) is 12.1 Å². The lowest BCUT2D eigenvalue weighted by atomic mass is 10.0. The number of benzene rings is 2. The van der Waals surface area contributed by atoms with E-state index in [0.29, 0.717) is 5.75 Å². The molecule has 0 N–H and O–H groups in total. The smallest absolute Gasteiger partial charge is 0.238 e. The zero-order valence-electron chi connectivity index (χ0n) is 14.5. The van der Waals surface area contributed by atoms with Gasteiger partial charge in [-0.1, -0.05) is 18.2 Å². The molecule has 4 rings (SSSR count). The van der Waals surface area contributed by atoms with Crippen LogP contribution in [0.4, 0.5) is 10.1 Å². The number of carbonyl (C=O) groups is 1. The Morgan fingerprint density at radius 2 is 1.92 bits per heavy atom. The predicted octanol–water partition coefficient (Wildman–Crippen LogP) is 4.31. The zero-order valence-corrected chi connectivity index (χ0v) is 15.3. The average Bonchev–Trinajstić information content (AvgIpc) is 3.22. The van der Waals surface area contributed by atoms with E-state index in [1.54, 1.807) is 28.6 Å². The van der Waals surface area contributed by atoms with E-state index in [9.17, 15) is 9.18 Å². The van der Waals surface area contributed by atoms with Gasteiger partial charge in [0, 0.05) is 24.5 Å². The molecule has 4 nitrogen and oxygen atoms in total. The van der Waals surface area contributed by atoms with Crippen LogP contribution in [0, 0.1) is 12.7 Å². The molecule has 132 valence electrons. The van der Waals surface area contributed by atoms with Gasteiger partial charge in [-0.2, -0.15) is 5.10 Å². The van der Waals surface area contributed by atoms with Crippen LogP contribution in [0.15, 0.2) is 54.9 Å². The first kappa shape index (κ1) is 16.8. The number of carbonyl (C=O) groups excluding carboxylic acids is 1. The normalized spacial score (nSPS) is 17.1. The lowest BCUT2D eigenvalue weighted by Crippen LogP contribution is -2.28. The van der Waals surface area contributed by atoms with Crippen molar-refractivity contribution in [2.75, 3.05) is 10.7 Å². The lowest BCUT2D eigenvalue weighted by Gasteiger charge is -2.26. The second kappa shape index (κ2) is 6.61. The quantitative estimate of drug-likeness (QED) is 0.692. The van der Waals surface area contributed by atoms with Gasteiger partial charge in [0.2, 0.25) is 5.91 Å². The van der Waals surface area contributed by atoms with Crippen molar-refractivity contribution in [3.63, 3.8) is 0 Å². The van der Waals surface area contributed by atoms with Crippen molar-refractivity contribution in [3.05, 3.63) is 71.8 Å². The second-order valence-corrected chi connectivity index (χ2v) is 7.45. The van der Waals surface area contributed by atoms with Gasteiger partial charge < -0.3 is 0 Å². The average molecular weight is 367 g/mol. The van der Waals surface area contributed by atoms with E-state index in [-0.39, 0.29) is 17.1 Å². The molecule has 1 amide bonds. The molecule has 26 heavy (non-hydrogen) atoms. The van der Waals surface area contributed by atoms with Crippen molar-refractivity contribution in [1.29, 1.82) is 0 Å². The summed E-state index contributed by atoms with van der Waals surface area (Å²) in [6.45, 7) is 2.01. The molecule has 0 radical (unpaired) electrons. The Kier molecular flexibility index (Phi) is 4.28. The number of anilines is 1. The number of hydrogen-bond acceptors (Lipinski definition) is 3. The molecule has 1 saturated heterocycles. The van der Waals surface area contributed by atoms with Gasteiger partial charge in [0.25, 0.3) is 0 Å². The number of halogens is 1. The fraction of sp³-hybridized carbons (Fsp3) is 0.200. The molecule has 6 heteroatoms. The van der Waals surface area contributed by atoms with Gasteiger partial charge in [-0.05, 0) is 47.9 Å².